The highest BCUT2D eigenvalue weighted by Gasteiger charge is 2.13. The highest BCUT2D eigenvalue weighted by atomic mass is 32.2. The summed E-state index contributed by atoms with van der Waals surface area (Å²) in [6.07, 6.45) is 0. The first-order valence-electron chi connectivity index (χ1n) is 7.14. The van der Waals surface area contributed by atoms with Crippen molar-refractivity contribution >= 4 is 23.4 Å². The van der Waals surface area contributed by atoms with E-state index >= 15 is 0 Å². The van der Waals surface area contributed by atoms with Crippen LogP contribution in [0.5, 0.6) is 11.5 Å². The molecule has 0 saturated heterocycles. The molecule has 1 aromatic heterocycles. The van der Waals surface area contributed by atoms with Crippen LogP contribution in [-0.2, 0) is 4.79 Å². The van der Waals surface area contributed by atoms with Crippen LogP contribution in [-0.4, -0.2) is 35.8 Å². The van der Waals surface area contributed by atoms with Crippen LogP contribution in [0.15, 0.2) is 28.0 Å². The third kappa shape index (κ3) is 4.51. The SMILES string of the molecule is COc1ccc(NC(=O)CSc2nc(=O)[nH]c(C)c2C#N)cc1OC. The summed E-state index contributed by atoms with van der Waals surface area (Å²) in [6.45, 7) is 1.61. The van der Waals surface area contributed by atoms with Crippen molar-refractivity contribution in [2.45, 2.75) is 11.9 Å². The maximum absolute atomic E-state index is 12.1. The van der Waals surface area contributed by atoms with Gasteiger partial charge >= 0.3 is 5.69 Å². The van der Waals surface area contributed by atoms with E-state index in [0.717, 1.165) is 11.8 Å². The molecular formula is C16H16N4O4S. The minimum atomic E-state index is -0.556. The van der Waals surface area contributed by atoms with Gasteiger partial charge in [0.1, 0.15) is 16.7 Å². The highest BCUT2D eigenvalue weighted by Crippen LogP contribution is 2.30. The van der Waals surface area contributed by atoms with Gasteiger partial charge < -0.3 is 19.8 Å². The number of ether oxygens (including phenoxy) is 2. The number of aromatic nitrogens is 2. The fourth-order valence-electron chi connectivity index (χ4n) is 2.04. The second-order valence-electron chi connectivity index (χ2n) is 4.87. The topological polar surface area (TPSA) is 117 Å². The van der Waals surface area contributed by atoms with Crippen LogP contribution >= 0.6 is 11.8 Å². The van der Waals surface area contributed by atoms with E-state index in [1.165, 1.54) is 14.2 Å². The largest absolute Gasteiger partial charge is 0.493 e. The number of hydrogen-bond acceptors (Lipinski definition) is 7. The van der Waals surface area contributed by atoms with Crippen LogP contribution in [0.2, 0.25) is 0 Å². The number of aromatic amines is 1. The molecule has 0 fully saturated rings. The van der Waals surface area contributed by atoms with Crippen molar-refractivity contribution in [3.63, 3.8) is 0 Å². The van der Waals surface area contributed by atoms with Crippen LogP contribution in [0.25, 0.3) is 0 Å². The zero-order valence-electron chi connectivity index (χ0n) is 13.9. The number of aryl methyl sites for hydroxylation is 1. The van der Waals surface area contributed by atoms with Crippen molar-refractivity contribution in [2.75, 3.05) is 25.3 Å². The van der Waals surface area contributed by atoms with Crippen molar-refractivity contribution in [3.05, 3.63) is 39.9 Å². The summed E-state index contributed by atoms with van der Waals surface area (Å²) in [5.74, 6) is 0.739. The normalized spacial score (nSPS) is 10.0. The Morgan fingerprint density at radius 1 is 1.36 bits per heavy atom. The van der Waals surface area contributed by atoms with Gasteiger partial charge in [0.15, 0.2) is 11.5 Å². The van der Waals surface area contributed by atoms with Crippen LogP contribution in [0, 0.1) is 18.3 Å². The summed E-state index contributed by atoms with van der Waals surface area (Å²) < 4.78 is 10.3. The number of nitrogens with zero attached hydrogens (tertiary/aromatic N) is 2. The molecule has 1 heterocycles. The van der Waals surface area contributed by atoms with Crippen LogP contribution < -0.4 is 20.5 Å². The summed E-state index contributed by atoms with van der Waals surface area (Å²) in [7, 11) is 3.03. The first kappa shape index (κ1) is 18.4. The zero-order chi connectivity index (χ0) is 18.4. The molecule has 9 heteroatoms. The molecule has 8 nitrogen and oxygen atoms in total. The molecule has 2 aromatic rings. The van der Waals surface area contributed by atoms with Gasteiger partial charge in [-0.2, -0.15) is 10.2 Å². The molecule has 0 atom stereocenters. The number of nitrogens with one attached hydrogen (secondary N) is 2. The van der Waals surface area contributed by atoms with E-state index in [4.69, 9.17) is 14.7 Å². The Kier molecular flexibility index (Phi) is 6.03. The molecule has 2 rings (SSSR count). The van der Waals surface area contributed by atoms with Crippen molar-refractivity contribution in [3.8, 4) is 17.6 Å². The maximum atomic E-state index is 12.1. The Labute approximate surface area is 148 Å². The van der Waals surface area contributed by atoms with Gasteiger partial charge in [0.05, 0.1) is 20.0 Å². The second-order valence-corrected chi connectivity index (χ2v) is 5.83. The Morgan fingerprint density at radius 2 is 2.08 bits per heavy atom. The monoisotopic (exact) mass is 360 g/mol. The molecule has 0 bridgehead atoms. The number of carbonyl (C=O) groups excluding carboxylic acids is 1. The summed E-state index contributed by atoms with van der Waals surface area (Å²) in [4.78, 5) is 29.7. The predicted molar refractivity (Wildman–Crippen MR) is 93.2 cm³/mol. The first-order chi connectivity index (χ1) is 12.0. The molecule has 0 saturated carbocycles. The minimum Gasteiger partial charge on any atom is -0.493 e. The number of hydrogen-bond donors (Lipinski definition) is 2. The molecule has 25 heavy (non-hydrogen) atoms. The molecule has 0 radical (unpaired) electrons. The maximum Gasteiger partial charge on any atom is 0.346 e. The van der Waals surface area contributed by atoms with E-state index in [-0.39, 0.29) is 22.2 Å². The van der Waals surface area contributed by atoms with E-state index in [0.29, 0.717) is 22.9 Å². The fourth-order valence-corrected chi connectivity index (χ4v) is 2.87. The number of nitriles is 1. The zero-order valence-corrected chi connectivity index (χ0v) is 14.7. The van der Waals surface area contributed by atoms with E-state index in [1.54, 1.807) is 25.1 Å². The van der Waals surface area contributed by atoms with Gasteiger partial charge in [-0.1, -0.05) is 11.8 Å². The van der Waals surface area contributed by atoms with Gasteiger partial charge in [-0.3, -0.25) is 4.79 Å². The molecule has 130 valence electrons. The molecule has 2 N–H and O–H groups in total. The standard InChI is InChI=1S/C16H16N4O4S/c1-9-11(7-17)15(20-16(22)18-9)25-8-14(21)19-10-4-5-12(23-2)13(6-10)24-3/h4-6H,8H2,1-3H3,(H,19,21)(H,18,20,22). The van der Waals surface area contributed by atoms with Crippen molar-refractivity contribution in [1.29, 1.82) is 5.26 Å². The van der Waals surface area contributed by atoms with E-state index < -0.39 is 5.69 Å². The van der Waals surface area contributed by atoms with Crippen LogP contribution in [0.1, 0.15) is 11.3 Å². The van der Waals surface area contributed by atoms with Crippen molar-refractivity contribution in [1.82, 2.24) is 9.97 Å². The third-order valence-corrected chi connectivity index (χ3v) is 4.18. The van der Waals surface area contributed by atoms with Crippen LogP contribution in [0.4, 0.5) is 5.69 Å². The summed E-state index contributed by atoms with van der Waals surface area (Å²) in [5.41, 5.74) is 0.659. The van der Waals surface area contributed by atoms with Crippen LogP contribution in [0.3, 0.4) is 0 Å². The Balaban J connectivity index is 2.07. The molecule has 0 spiro atoms. The number of carbonyl (C=O) groups is 1. The van der Waals surface area contributed by atoms with E-state index in [2.05, 4.69) is 15.3 Å². The van der Waals surface area contributed by atoms with Crippen molar-refractivity contribution in [2.24, 2.45) is 0 Å². The number of rotatable bonds is 6. The lowest BCUT2D eigenvalue weighted by Crippen LogP contribution is -2.17. The molecule has 0 unspecified atom stereocenters. The average molecular weight is 360 g/mol. The smallest absolute Gasteiger partial charge is 0.346 e. The predicted octanol–water partition coefficient (Wildman–Crippen LogP) is 1.70. The van der Waals surface area contributed by atoms with Gasteiger partial charge in [-0.15, -0.1) is 0 Å². The lowest BCUT2D eigenvalue weighted by atomic mass is 10.2. The van der Waals surface area contributed by atoms with Gasteiger partial charge in [-0.05, 0) is 19.1 Å². The number of methoxy groups -OCH3 is 2. The Morgan fingerprint density at radius 3 is 2.72 bits per heavy atom. The average Bonchev–Trinajstić information content (AvgIpc) is 2.59. The number of anilines is 1. The van der Waals surface area contributed by atoms with E-state index in [9.17, 15) is 9.59 Å². The second kappa shape index (κ2) is 8.21. The molecule has 1 amide bonds. The number of H-pyrrole nitrogens is 1. The van der Waals surface area contributed by atoms with Crippen molar-refractivity contribution < 1.29 is 14.3 Å². The molecule has 0 aliphatic heterocycles. The van der Waals surface area contributed by atoms with Gasteiger partial charge in [0.25, 0.3) is 0 Å². The quantitative estimate of drug-likeness (QED) is 0.595. The summed E-state index contributed by atoms with van der Waals surface area (Å²) in [5, 5.41) is 12.1. The third-order valence-electron chi connectivity index (χ3n) is 3.21. The Hall–Kier alpha value is -2.99. The van der Waals surface area contributed by atoms with Gasteiger partial charge in [0.2, 0.25) is 5.91 Å². The molecule has 1 aromatic carbocycles. The number of benzene rings is 1. The lowest BCUT2D eigenvalue weighted by molar-refractivity contribution is -0.113. The van der Waals surface area contributed by atoms with Gasteiger partial charge in [-0.25, -0.2) is 4.79 Å². The lowest BCUT2D eigenvalue weighted by Gasteiger charge is -2.10. The van der Waals surface area contributed by atoms with E-state index in [1.807, 2.05) is 6.07 Å². The molecule has 0 aliphatic carbocycles. The number of amides is 1. The molecular weight excluding hydrogens is 344 g/mol. The highest BCUT2D eigenvalue weighted by molar-refractivity contribution is 8.00. The summed E-state index contributed by atoms with van der Waals surface area (Å²) in [6, 6.07) is 6.97. The fraction of sp³-hybridized carbons (Fsp3) is 0.250. The molecule has 0 aliphatic rings. The Bertz CT molecular complexity index is 889. The number of thioether (sulfide) groups is 1. The van der Waals surface area contributed by atoms with Gasteiger partial charge in [0, 0.05) is 17.4 Å². The minimum absolute atomic E-state index is 0.00107. The first-order valence-corrected chi connectivity index (χ1v) is 8.12. The summed E-state index contributed by atoms with van der Waals surface area (Å²) >= 11 is 1.02.